The van der Waals surface area contributed by atoms with E-state index in [1.807, 2.05) is 0 Å². The lowest BCUT2D eigenvalue weighted by molar-refractivity contribution is 0.0853. The van der Waals surface area contributed by atoms with Crippen molar-refractivity contribution in [2.24, 2.45) is 7.05 Å². The van der Waals surface area contributed by atoms with Crippen LogP contribution in [0.3, 0.4) is 0 Å². The number of hydrogen-bond donors (Lipinski definition) is 2. The van der Waals surface area contributed by atoms with Gasteiger partial charge in [0.1, 0.15) is 6.61 Å². The first-order valence-corrected chi connectivity index (χ1v) is 8.75. The third kappa shape index (κ3) is 3.70. The van der Waals surface area contributed by atoms with Gasteiger partial charge in [-0.1, -0.05) is 0 Å². The molecule has 25 heavy (non-hydrogen) atoms. The van der Waals surface area contributed by atoms with Crippen molar-refractivity contribution in [3.63, 3.8) is 0 Å². The van der Waals surface area contributed by atoms with Crippen LogP contribution in [0.5, 0.6) is 0 Å². The number of thiophene rings is 1. The summed E-state index contributed by atoms with van der Waals surface area (Å²) in [5, 5.41) is 10.4. The second-order valence-electron chi connectivity index (χ2n) is 5.12. The number of urea groups is 1. The molecule has 10 heteroatoms. The van der Waals surface area contributed by atoms with E-state index in [4.69, 9.17) is 4.74 Å². The Labute approximate surface area is 155 Å². The number of hydrogen-bond acceptors (Lipinski definition) is 6. The molecule has 2 amide bonds. The van der Waals surface area contributed by atoms with E-state index in [2.05, 4.69) is 36.6 Å². The zero-order valence-electron chi connectivity index (χ0n) is 13.4. The van der Waals surface area contributed by atoms with Gasteiger partial charge in [0.2, 0.25) is 0 Å². The van der Waals surface area contributed by atoms with E-state index in [-0.39, 0.29) is 12.4 Å². The number of pyridine rings is 1. The van der Waals surface area contributed by atoms with Gasteiger partial charge in [0.25, 0.3) is 0 Å². The summed E-state index contributed by atoms with van der Waals surface area (Å²) >= 11 is 4.56. The molecule has 0 unspecified atom stereocenters. The molecular formula is C15H14BrN5O3S. The van der Waals surface area contributed by atoms with Gasteiger partial charge >= 0.3 is 6.03 Å². The van der Waals surface area contributed by atoms with Gasteiger partial charge in [-0.15, -0.1) is 11.3 Å². The van der Waals surface area contributed by atoms with E-state index in [1.54, 1.807) is 36.4 Å². The molecule has 0 saturated carbocycles. The zero-order chi connectivity index (χ0) is 18.0. The average molecular weight is 424 g/mol. The number of Topliss-reactive ketones (excluding diaryl/α,β-unsaturated/α-hetero) is 1. The SMILES string of the molecule is COCC(=O)c1sc(Br)cc1NC(=O)Nc1cncc2cnn(C)c12. The van der Waals surface area contributed by atoms with Crippen LogP contribution < -0.4 is 10.6 Å². The Morgan fingerprint density at radius 2 is 2.04 bits per heavy atom. The van der Waals surface area contributed by atoms with Crippen LogP contribution in [-0.2, 0) is 11.8 Å². The van der Waals surface area contributed by atoms with Crippen molar-refractivity contribution in [3.05, 3.63) is 33.3 Å². The first kappa shape index (κ1) is 17.5. The van der Waals surface area contributed by atoms with Gasteiger partial charge in [0.15, 0.2) is 5.78 Å². The molecule has 130 valence electrons. The van der Waals surface area contributed by atoms with Crippen molar-refractivity contribution in [1.29, 1.82) is 0 Å². The minimum atomic E-state index is -0.479. The first-order chi connectivity index (χ1) is 12.0. The van der Waals surface area contributed by atoms with E-state index < -0.39 is 6.03 Å². The van der Waals surface area contributed by atoms with E-state index in [1.165, 1.54) is 18.4 Å². The first-order valence-electron chi connectivity index (χ1n) is 7.14. The molecule has 0 fully saturated rings. The lowest BCUT2D eigenvalue weighted by Crippen LogP contribution is -2.21. The molecule has 8 nitrogen and oxygen atoms in total. The van der Waals surface area contributed by atoms with Gasteiger partial charge in [-0.2, -0.15) is 5.10 Å². The maximum absolute atomic E-state index is 12.4. The smallest absolute Gasteiger partial charge is 0.323 e. The third-order valence-corrected chi connectivity index (χ3v) is 5.05. The number of carbonyl (C=O) groups excluding carboxylic acids is 2. The van der Waals surface area contributed by atoms with Gasteiger partial charge in [0.05, 0.1) is 37.9 Å². The second-order valence-corrected chi connectivity index (χ2v) is 7.55. The molecule has 0 bridgehead atoms. The summed E-state index contributed by atoms with van der Waals surface area (Å²) in [4.78, 5) is 28.9. The molecular weight excluding hydrogens is 410 g/mol. The van der Waals surface area contributed by atoms with Crippen molar-refractivity contribution in [3.8, 4) is 0 Å². The number of ketones is 1. The average Bonchev–Trinajstić information content (AvgIpc) is 3.11. The molecule has 0 aromatic carbocycles. The van der Waals surface area contributed by atoms with Crippen molar-refractivity contribution < 1.29 is 14.3 Å². The number of amides is 2. The molecule has 0 atom stereocenters. The quantitative estimate of drug-likeness (QED) is 0.613. The zero-order valence-corrected chi connectivity index (χ0v) is 15.8. The maximum Gasteiger partial charge on any atom is 0.323 e. The maximum atomic E-state index is 12.4. The number of nitrogens with zero attached hydrogens (tertiary/aromatic N) is 3. The van der Waals surface area contributed by atoms with E-state index >= 15 is 0 Å². The predicted octanol–water partition coefficient (Wildman–Crippen LogP) is 3.27. The van der Waals surface area contributed by atoms with Crippen LogP contribution in [0.1, 0.15) is 9.67 Å². The molecule has 3 aromatic rings. The number of halogens is 1. The fourth-order valence-electron chi connectivity index (χ4n) is 2.36. The highest BCUT2D eigenvalue weighted by molar-refractivity contribution is 9.11. The minimum Gasteiger partial charge on any atom is -0.376 e. The topological polar surface area (TPSA) is 98.1 Å². The molecule has 0 spiro atoms. The Morgan fingerprint density at radius 1 is 1.28 bits per heavy atom. The molecule has 3 rings (SSSR count). The third-order valence-electron chi connectivity index (χ3n) is 3.37. The molecule has 0 aliphatic carbocycles. The number of aryl methyl sites for hydroxylation is 1. The highest BCUT2D eigenvalue weighted by Crippen LogP contribution is 2.32. The van der Waals surface area contributed by atoms with Crippen molar-refractivity contribution >= 4 is 61.4 Å². The normalized spacial score (nSPS) is 10.8. The minimum absolute atomic E-state index is 0.0541. The standard InChI is InChI=1S/C15H14BrN5O3S/c1-21-13-8(5-18-21)4-17-6-10(13)20-15(23)19-9-3-12(16)25-14(9)11(22)7-24-2/h3-6H,7H2,1-2H3,(H2,19,20,23). The van der Waals surface area contributed by atoms with Crippen LogP contribution >= 0.6 is 27.3 Å². The van der Waals surface area contributed by atoms with Crippen molar-refractivity contribution in [2.75, 3.05) is 24.4 Å². The molecule has 3 heterocycles. The van der Waals surface area contributed by atoms with Crippen LogP contribution in [0.25, 0.3) is 10.9 Å². The number of ether oxygens (including phenoxy) is 1. The number of nitrogens with one attached hydrogen (secondary N) is 2. The van der Waals surface area contributed by atoms with E-state index in [0.29, 0.717) is 16.3 Å². The number of fused-ring (bicyclic) bond motifs is 1. The predicted molar refractivity (Wildman–Crippen MR) is 99.4 cm³/mol. The molecule has 0 aliphatic rings. The molecule has 3 aromatic heterocycles. The Balaban J connectivity index is 1.81. The van der Waals surface area contributed by atoms with Crippen LogP contribution in [0.15, 0.2) is 28.4 Å². The fraction of sp³-hybridized carbons (Fsp3) is 0.200. The summed E-state index contributed by atoms with van der Waals surface area (Å²) in [5.74, 6) is -0.205. The molecule has 0 aliphatic heterocycles. The van der Waals surface area contributed by atoms with Gasteiger partial charge in [-0.3, -0.25) is 14.5 Å². The summed E-state index contributed by atoms with van der Waals surface area (Å²) < 4.78 is 7.26. The van der Waals surface area contributed by atoms with Crippen LogP contribution in [0, 0.1) is 0 Å². The monoisotopic (exact) mass is 423 g/mol. The molecule has 0 radical (unpaired) electrons. The van der Waals surface area contributed by atoms with Crippen LogP contribution in [0.4, 0.5) is 16.2 Å². The summed E-state index contributed by atoms with van der Waals surface area (Å²) in [6.45, 7) is -0.0541. The highest BCUT2D eigenvalue weighted by Gasteiger charge is 2.18. The largest absolute Gasteiger partial charge is 0.376 e. The number of rotatable bonds is 5. The van der Waals surface area contributed by atoms with Gasteiger partial charge in [0, 0.05) is 25.7 Å². The van der Waals surface area contributed by atoms with E-state index in [0.717, 1.165) is 14.7 Å². The van der Waals surface area contributed by atoms with Crippen LogP contribution in [0.2, 0.25) is 0 Å². The Bertz CT molecular complexity index is 952. The Morgan fingerprint density at radius 3 is 2.80 bits per heavy atom. The Hall–Kier alpha value is -2.30. The van der Waals surface area contributed by atoms with Gasteiger partial charge < -0.3 is 15.4 Å². The van der Waals surface area contributed by atoms with Crippen molar-refractivity contribution in [2.45, 2.75) is 0 Å². The molecule has 2 N–H and O–H groups in total. The van der Waals surface area contributed by atoms with Gasteiger partial charge in [-0.05, 0) is 22.0 Å². The number of carbonyl (C=O) groups is 2. The summed E-state index contributed by atoms with van der Waals surface area (Å²) in [6, 6.07) is 1.20. The lowest BCUT2D eigenvalue weighted by Gasteiger charge is -2.09. The Kier molecular flexibility index (Phi) is 5.11. The fourth-order valence-corrected chi connectivity index (χ4v) is 3.84. The van der Waals surface area contributed by atoms with Crippen molar-refractivity contribution in [1.82, 2.24) is 14.8 Å². The number of anilines is 2. The number of aromatic nitrogens is 3. The highest BCUT2D eigenvalue weighted by atomic mass is 79.9. The second kappa shape index (κ2) is 7.30. The summed E-state index contributed by atoms with van der Waals surface area (Å²) in [7, 11) is 3.23. The van der Waals surface area contributed by atoms with E-state index in [9.17, 15) is 9.59 Å². The van der Waals surface area contributed by atoms with Crippen LogP contribution in [-0.4, -0.2) is 40.3 Å². The van der Waals surface area contributed by atoms with Gasteiger partial charge in [-0.25, -0.2) is 4.79 Å². The summed E-state index contributed by atoms with van der Waals surface area (Å²) in [6.07, 6.45) is 4.88. The molecule has 0 saturated heterocycles. The number of methoxy groups -OCH3 is 1. The lowest BCUT2D eigenvalue weighted by atomic mass is 10.3. The summed E-state index contributed by atoms with van der Waals surface area (Å²) in [5.41, 5.74) is 1.70.